The van der Waals surface area contributed by atoms with Crippen LogP contribution in [0, 0.1) is 0 Å². The predicted molar refractivity (Wildman–Crippen MR) is 79.4 cm³/mol. The van der Waals surface area contributed by atoms with E-state index in [1.54, 1.807) is 17.0 Å². The molecule has 0 spiro atoms. The van der Waals surface area contributed by atoms with Crippen LogP contribution in [-0.2, 0) is 4.74 Å². The molecular weight excluding hydrogens is 268 g/mol. The van der Waals surface area contributed by atoms with Gasteiger partial charge in [-0.2, -0.15) is 0 Å². The molecule has 1 aromatic carbocycles. The fraction of sp³-hybridized carbons (Fsp3) is 0.188. The molecule has 0 atom stereocenters. The smallest absolute Gasteiger partial charge is 0.356 e. The number of carbonyl (C=O) groups excluding carboxylic acids is 2. The van der Waals surface area contributed by atoms with Crippen LogP contribution in [0.4, 0.5) is 5.69 Å². The Labute approximate surface area is 123 Å². The number of carbonyl (C=O) groups is 2. The lowest BCUT2D eigenvalue weighted by Gasteiger charge is -2.20. The van der Waals surface area contributed by atoms with Crippen molar-refractivity contribution in [3.63, 3.8) is 0 Å². The van der Waals surface area contributed by atoms with Crippen molar-refractivity contribution in [1.82, 2.24) is 4.98 Å². The highest BCUT2D eigenvalue weighted by atomic mass is 16.5. The number of aromatic nitrogens is 1. The van der Waals surface area contributed by atoms with E-state index >= 15 is 0 Å². The highest BCUT2D eigenvalue weighted by molar-refractivity contribution is 6.05. The lowest BCUT2D eigenvalue weighted by atomic mass is 10.2. The first kappa shape index (κ1) is 14.7. The average Bonchev–Trinajstić information content (AvgIpc) is 2.55. The third-order valence-corrected chi connectivity index (χ3v) is 2.99. The first-order valence-electron chi connectivity index (χ1n) is 6.59. The summed E-state index contributed by atoms with van der Waals surface area (Å²) < 4.78 is 4.62. The number of anilines is 1. The fourth-order valence-corrected chi connectivity index (χ4v) is 1.96. The quantitative estimate of drug-likeness (QED) is 0.809. The van der Waals surface area contributed by atoms with Gasteiger partial charge in [0.05, 0.1) is 7.11 Å². The Hall–Kier alpha value is -2.69. The minimum absolute atomic E-state index is 0.118. The molecule has 1 amide bonds. The van der Waals surface area contributed by atoms with Gasteiger partial charge in [0.25, 0.3) is 5.91 Å². The molecule has 2 aromatic rings. The Bertz CT molecular complexity index is 641. The van der Waals surface area contributed by atoms with Crippen molar-refractivity contribution in [2.45, 2.75) is 6.92 Å². The normalized spacial score (nSPS) is 10.0. The predicted octanol–water partition coefficient (Wildman–Crippen LogP) is 2.53. The maximum Gasteiger partial charge on any atom is 0.356 e. The van der Waals surface area contributed by atoms with Gasteiger partial charge in [-0.25, -0.2) is 9.78 Å². The number of amides is 1. The van der Waals surface area contributed by atoms with Crippen molar-refractivity contribution >= 4 is 17.6 Å². The van der Waals surface area contributed by atoms with Crippen LogP contribution in [0.5, 0.6) is 0 Å². The molecule has 0 fully saturated rings. The number of nitrogens with zero attached hydrogens (tertiary/aromatic N) is 2. The molecule has 5 heteroatoms. The second-order valence-corrected chi connectivity index (χ2v) is 4.28. The summed E-state index contributed by atoms with van der Waals surface area (Å²) in [5.74, 6) is -0.818. The van der Waals surface area contributed by atoms with Crippen molar-refractivity contribution in [2.75, 3.05) is 18.6 Å². The molecule has 5 nitrogen and oxygen atoms in total. The standard InChI is InChI=1S/C16H16N2O3/c1-3-18(12-8-5-4-6-9-12)15(19)13-10-7-11-14(17-13)16(20)21-2/h4-11H,3H2,1-2H3. The first-order chi connectivity index (χ1) is 10.2. The molecule has 0 saturated carbocycles. The Kier molecular flexibility index (Phi) is 4.66. The molecular formula is C16H16N2O3. The largest absolute Gasteiger partial charge is 0.464 e. The summed E-state index contributed by atoms with van der Waals surface area (Å²) in [5, 5.41) is 0. The Morgan fingerprint density at radius 1 is 1.05 bits per heavy atom. The number of benzene rings is 1. The van der Waals surface area contributed by atoms with Crippen molar-refractivity contribution in [3.05, 3.63) is 59.9 Å². The molecule has 0 aliphatic carbocycles. The van der Waals surface area contributed by atoms with E-state index in [2.05, 4.69) is 9.72 Å². The summed E-state index contributed by atoms with van der Waals surface area (Å²) in [6, 6.07) is 14.0. The number of rotatable bonds is 4. The number of hydrogen-bond donors (Lipinski definition) is 0. The van der Waals surface area contributed by atoms with Gasteiger partial charge in [0.1, 0.15) is 11.4 Å². The highest BCUT2D eigenvalue weighted by Gasteiger charge is 2.18. The van der Waals surface area contributed by atoms with E-state index in [0.29, 0.717) is 6.54 Å². The number of para-hydroxylation sites is 1. The molecule has 21 heavy (non-hydrogen) atoms. The van der Waals surface area contributed by atoms with Crippen LogP contribution < -0.4 is 4.90 Å². The Balaban J connectivity index is 2.32. The maximum absolute atomic E-state index is 12.6. The molecule has 0 saturated heterocycles. The third-order valence-electron chi connectivity index (χ3n) is 2.99. The molecule has 1 aromatic heterocycles. The zero-order chi connectivity index (χ0) is 15.2. The number of methoxy groups -OCH3 is 1. The topological polar surface area (TPSA) is 59.5 Å². The summed E-state index contributed by atoms with van der Waals surface area (Å²) in [7, 11) is 1.28. The van der Waals surface area contributed by atoms with Crippen LogP contribution in [0.1, 0.15) is 27.9 Å². The average molecular weight is 284 g/mol. The SMILES string of the molecule is CCN(C(=O)c1cccc(C(=O)OC)n1)c1ccccc1. The Morgan fingerprint density at radius 3 is 2.33 bits per heavy atom. The van der Waals surface area contributed by atoms with Gasteiger partial charge in [0.2, 0.25) is 0 Å². The van der Waals surface area contributed by atoms with Crippen LogP contribution in [0.15, 0.2) is 48.5 Å². The molecule has 0 radical (unpaired) electrons. The van der Waals surface area contributed by atoms with Crippen LogP contribution in [-0.4, -0.2) is 30.5 Å². The summed E-state index contributed by atoms with van der Waals surface area (Å²) in [5.41, 5.74) is 1.12. The van der Waals surface area contributed by atoms with Crippen molar-refractivity contribution in [1.29, 1.82) is 0 Å². The number of esters is 1. The van der Waals surface area contributed by atoms with Crippen LogP contribution in [0.3, 0.4) is 0 Å². The summed E-state index contributed by atoms with van der Waals surface area (Å²) in [4.78, 5) is 29.7. The van der Waals surface area contributed by atoms with Gasteiger partial charge in [0, 0.05) is 12.2 Å². The minimum Gasteiger partial charge on any atom is -0.464 e. The lowest BCUT2D eigenvalue weighted by Crippen LogP contribution is -2.31. The van der Waals surface area contributed by atoms with Crippen molar-refractivity contribution in [2.24, 2.45) is 0 Å². The molecule has 0 N–H and O–H groups in total. The van der Waals surface area contributed by atoms with E-state index in [-0.39, 0.29) is 17.3 Å². The fourth-order valence-electron chi connectivity index (χ4n) is 1.96. The highest BCUT2D eigenvalue weighted by Crippen LogP contribution is 2.16. The molecule has 0 aliphatic heterocycles. The second-order valence-electron chi connectivity index (χ2n) is 4.28. The molecule has 0 unspecified atom stereocenters. The third kappa shape index (κ3) is 3.25. The van der Waals surface area contributed by atoms with E-state index in [1.807, 2.05) is 37.3 Å². The van der Waals surface area contributed by atoms with Crippen LogP contribution in [0.2, 0.25) is 0 Å². The van der Waals surface area contributed by atoms with E-state index in [4.69, 9.17) is 0 Å². The number of ether oxygens (including phenoxy) is 1. The molecule has 1 heterocycles. The van der Waals surface area contributed by atoms with Gasteiger partial charge in [-0.15, -0.1) is 0 Å². The second kappa shape index (κ2) is 6.65. The number of pyridine rings is 1. The molecule has 0 aliphatic rings. The lowest BCUT2D eigenvalue weighted by molar-refractivity contribution is 0.0594. The van der Waals surface area contributed by atoms with Gasteiger partial charge in [0.15, 0.2) is 0 Å². The summed E-state index contributed by atoms with van der Waals surface area (Å²) >= 11 is 0. The number of hydrogen-bond acceptors (Lipinski definition) is 4. The van der Waals surface area contributed by atoms with Gasteiger partial charge < -0.3 is 9.64 Å². The van der Waals surface area contributed by atoms with Gasteiger partial charge in [-0.1, -0.05) is 24.3 Å². The minimum atomic E-state index is -0.563. The summed E-state index contributed by atoms with van der Waals surface area (Å²) in [6.45, 7) is 2.39. The van der Waals surface area contributed by atoms with Crippen molar-refractivity contribution in [3.8, 4) is 0 Å². The van der Waals surface area contributed by atoms with Gasteiger partial charge >= 0.3 is 5.97 Å². The maximum atomic E-state index is 12.6. The van der Waals surface area contributed by atoms with E-state index in [9.17, 15) is 9.59 Å². The van der Waals surface area contributed by atoms with Gasteiger partial charge in [-0.3, -0.25) is 4.79 Å². The van der Waals surface area contributed by atoms with Crippen molar-refractivity contribution < 1.29 is 14.3 Å². The van der Waals surface area contributed by atoms with E-state index < -0.39 is 5.97 Å². The van der Waals surface area contributed by atoms with Crippen LogP contribution >= 0.6 is 0 Å². The first-order valence-corrected chi connectivity index (χ1v) is 6.59. The van der Waals surface area contributed by atoms with E-state index in [0.717, 1.165) is 5.69 Å². The summed E-state index contributed by atoms with van der Waals surface area (Å²) in [6.07, 6.45) is 0. The molecule has 2 rings (SSSR count). The zero-order valence-corrected chi connectivity index (χ0v) is 11.9. The molecule has 108 valence electrons. The monoisotopic (exact) mass is 284 g/mol. The van der Waals surface area contributed by atoms with Crippen LogP contribution in [0.25, 0.3) is 0 Å². The Morgan fingerprint density at radius 2 is 1.71 bits per heavy atom. The van der Waals surface area contributed by atoms with Gasteiger partial charge in [-0.05, 0) is 31.2 Å². The molecule has 0 bridgehead atoms. The van der Waals surface area contributed by atoms with E-state index in [1.165, 1.54) is 13.2 Å². The zero-order valence-electron chi connectivity index (χ0n) is 11.9.